The Hall–Kier alpha value is -6.24. The minimum atomic E-state index is -1.13. The van der Waals surface area contributed by atoms with E-state index in [1.165, 1.54) is 7.11 Å². The molecule has 0 saturated heterocycles. The van der Waals surface area contributed by atoms with Crippen molar-refractivity contribution in [3.05, 3.63) is 83.4 Å². The maximum absolute atomic E-state index is 13.2. The summed E-state index contributed by atoms with van der Waals surface area (Å²) in [7, 11) is 6.35. The molecular weight excluding hydrogens is 853 g/mol. The lowest BCUT2D eigenvalue weighted by atomic mass is 9.87. The SMILES string of the molecule is CCCCCc1cc(OC)ccc1Oc1cc(OC)cc2c1NC(=O)C(CCCCC)C2=O.CCCCCc1cc(OC)ccc1Oc1ccc(OC)cc1NC(=O)C(CCCCC)C(=O)O. The molecule has 2 amide bonds. The number of carbonyl (C=O) groups is 4. The zero-order valence-corrected chi connectivity index (χ0v) is 40.8. The molecule has 2 unspecified atom stereocenters. The van der Waals surface area contributed by atoms with Crippen molar-refractivity contribution in [3.63, 3.8) is 0 Å². The number of carboxylic acids is 1. The van der Waals surface area contributed by atoms with Crippen LogP contribution in [0.2, 0.25) is 0 Å². The number of amides is 2. The summed E-state index contributed by atoms with van der Waals surface area (Å²) in [6.07, 6.45) is 14.4. The zero-order chi connectivity index (χ0) is 48.7. The molecule has 1 aliphatic heterocycles. The number of methoxy groups -OCH3 is 4. The summed E-state index contributed by atoms with van der Waals surface area (Å²) in [5.41, 5.74) is 3.23. The average molecular weight is 925 g/mol. The molecule has 0 aliphatic carbocycles. The van der Waals surface area contributed by atoms with E-state index in [1.54, 1.807) is 51.7 Å². The van der Waals surface area contributed by atoms with Crippen molar-refractivity contribution in [1.29, 1.82) is 0 Å². The van der Waals surface area contributed by atoms with E-state index in [2.05, 4.69) is 31.4 Å². The third-order valence-electron chi connectivity index (χ3n) is 11.8. The van der Waals surface area contributed by atoms with E-state index in [-0.39, 0.29) is 18.1 Å². The van der Waals surface area contributed by atoms with Gasteiger partial charge in [0.15, 0.2) is 17.3 Å². The Morgan fingerprint density at radius 3 is 1.61 bits per heavy atom. The zero-order valence-electron chi connectivity index (χ0n) is 40.8. The van der Waals surface area contributed by atoms with Gasteiger partial charge in [-0.15, -0.1) is 0 Å². The third-order valence-corrected chi connectivity index (χ3v) is 11.8. The Balaban J connectivity index is 0.000000293. The van der Waals surface area contributed by atoms with Crippen molar-refractivity contribution < 1.29 is 52.7 Å². The van der Waals surface area contributed by atoms with E-state index in [4.69, 9.17) is 28.4 Å². The van der Waals surface area contributed by atoms with Crippen LogP contribution in [0.1, 0.15) is 139 Å². The highest BCUT2D eigenvalue weighted by Crippen LogP contribution is 2.43. The van der Waals surface area contributed by atoms with Crippen molar-refractivity contribution in [2.24, 2.45) is 11.8 Å². The summed E-state index contributed by atoms with van der Waals surface area (Å²) < 4.78 is 34.1. The second kappa shape index (κ2) is 28.1. The second-order valence-corrected chi connectivity index (χ2v) is 16.8. The fourth-order valence-corrected chi connectivity index (χ4v) is 7.82. The molecule has 67 heavy (non-hydrogen) atoms. The molecule has 0 aromatic heterocycles. The molecule has 0 fully saturated rings. The first-order chi connectivity index (χ1) is 32.4. The Labute approximate surface area is 397 Å². The molecule has 364 valence electrons. The fourth-order valence-electron chi connectivity index (χ4n) is 7.82. The number of carboxylic acid groups (broad SMARTS) is 1. The van der Waals surface area contributed by atoms with Crippen molar-refractivity contribution in [2.45, 2.75) is 130 Å². The van der Waals surface area contributed by atoms with Gasteiger partial charge < -0.3 is 44.2 Å². The van der Waals surface area contributed by atoms with Gasteiger partial charge in [0.05, 0.1) is 39.8 Å². The minimum Gasteiger partial charge on any atom is -0.497 e. The van der Waals surface area contributed by atoms with Crippen LogP contribution in [0.25, 0.3) is 0 Å². The van der Waals surface area contributed by atoms with Crippen LogP contribution in [0.15, 0.2) is 66.7 Å². The summed E-state index contributed by atoms with van der Waals surface area (Å²) in [5, 5.41) is 15.3. The predicted octanol–water partition coefficient (Wildman–Crippen LogP) is 13.0. The molecule has 13 heteroatoms. The van der Waals surface area contributed by atoms with E-state index in [0.717, 1.165) is 106 Å². The number of unbranched alkanes of at least 4 members (excludes halogenated alkanes) is 8. The number of ketones is 1. The molecule has 1 aliphatic rings. The number of anilines is 2. The molecule has 0 spiro atoms. The topological polar surface area (TPSA) is 168 Å². The molecule has 0 saturated carbocycles. The van der Waals surface area contributed by atoms with Gasteiger partial charge in [0.1, 0.15) is 46.3 Å². The quantitative estimate of drug-likeness (QED) is 0.0384. The lowest BCUT2D eigenvalue weighted by Crippen LogP contribution is -2.35. The van der Waals surface area contributed by atoms with Gasteiger partial charge in [0.25, 0.3) is 0 Å². The van der Waals surface area contributed by atoms with Crippen molar-refractivity contribution >= 4 is 34.9 Å². The molecule has 5 rings (SSSR count). The number of carbonyl (C=O) groups excluding carboxylic acids is 3. The molecule has 0 bridgehead atoms. The highest BCUT2D eigenvalue weighted by atomic mass is 16.5. The van der Waals surface area contributed by atoms with E-state index in [9.17, 15) is 24.3 Å². The summed E-state index contributed by atoms with van der Waals surface area (Å²) in [6.45, 7) is 8.45. The number of Topliss-reactive ketones (excluding diaryl/α,β-unsaturated/α-hetero) is 1. The third kappa shape index (κ3) is 15.7. The minimum absolute atomic E-state index is 0.175. The van der Waals surface area contributed by atoms with Gasteiger partial charge in [-0.25, -0.2) is 0 Å². The maximum atomic E-state index is 13.2. The molecule has 2 atom stereocenters. The predicted molar refractivity (Wildman–Crippen MR) is 263 cm³/mol. The van der Waals surface area contributed by atoms with Gasteiger partial charge in [-0.2, -0.15) is 0 Å². The van der Waals surface area contributed by atoms with Crippen LogP contribution in [0, 0.1) is 11.8 Å². The normalized spacial score (nSPS) is 13.3. The van der Waals surface area contributed by atoms with E-state index >= 15 is 0 Å². The van der Waals surface area contributed by atoms with Crippen LogP contribution in [0.4, 0.5) is 11.4 Å². The summed E-state index contributed by atoms with van der Waals surface area (Å²) in [5.74, 6) is 0.761. The molecule has 4 aromatic rings. The average Bonchev–Trinajstić information content (AvgIpc) is 3.33. The molecule has 1 heterocycles. The number of hydrogen-bond donors (Lipinski definition) is 3. The smallest absolute Gasteiger partial charge is 0.316 e. The van der Waals surface area contributed by atoms with Crippen molar-refractivity contribution in [2.75, 3.05) is 39.1 Å². The Bertz CT molecular complexity index is 2240. The Kier molecular flexibility index (Phi) is 22.3. The molecule has 0 radical (unpaired) electrons. The molecule has 4 aromatic carbocycles. The lowest BCUT2D eigenvalue weighted by Gasteiger charge is -2.26. The standard InChI is InChI=1S/C27H37NO6.C27H35NO5/c1-5-7-9-11-19-17-20(32-3)13-15-24(19)34-25-16-14-21(33-4)18-23(25)28-26(29)22(27(30)31)12-10-8-6-2;1-5-7-9-11-18-15-19(31-3)13-14-23(18)33-24-17-20(32-4)16-22-25(24)28-27(30)21(26(22)29)12-10-8-6-2/h13-18,22H,5-12H2,1-4H3,(H,28,29)(H,30,31);13-17,21H,5-12H2,1-4H3,(H,28,30). The summed E-state index contributed by atoms with van der Waals surface area (Å²) in [4.78, 5) is 50.6. The Morgan fingerprint density at radius 2 is 1.09 bits per heavy atom. The molecular formula is C54H72N2O11. The highest BCUT2D eigenvalue weighted by molar-refractivity contribution is 6.22. The maximum Gasteiger partial charge on any atom is 0.316 e. The first-order valence-electron chi connectivity index (χ1n) is 23.9. The van der Waals surface area contributed by atoms with Crippen molar-refractivity contribution in [1.82, 2.24) is 0 Å². The number of fused-ring (bicyclic) bond motifs is 1. The van der Waals surface area contributed by atoms with E-state index in [1.807, 2.05) is 43.3 Å². The van der Waals surface area contributed by atoms with Crippen LogP contribution in [0.3, 0.4) is 0 Å². The number of rotatable bonds is 27. The van der Waals surface area contributed by atoms with Crippen LogP contribution in [0.5, 0.6) is 46.0 Å². The van der Waals surface area contributed by atoms with E-state index in [0.29, 0.717) is 64.3 Å². The number of nitrogens with one attached hydrogen (secondary N) is 2. The van der Waals surface area contributed by atoms with Crippen LogP contribution in [-0.4, -0.2) is 57.1 Å². The second-order valence-electron chi connectivity index (χ2n) is 16.8. The summed E-state index contributed by atoms with van der Waals surface area (Å²) in [6, 6.07) is 19.8. The number of benzene rings is 4. The van der Waals surface area contributed by atoms with Gasteiger partial charge >= 0.3 is 5.97 Å². The molecule has 13 nitrogen and oxygen atoms in total. The fraction of sp³-hybridized carbons (Fsp3) is 0.481. The first-order valence-corrected chi connectivity index (χ1v) is 23.9. The van der Waals surface area contributed by atoms with Crippen LogP contribution < -0.4 is 39.1 Å². The van der Waals surface area contributed by atoms with Gasteiger partial charge in [-0.3, -0.25) is 19.2 Å². The van der Waals surface area contributed by atoms with Gasteiger partial charge in [0, 0.05) is 17.7 Å². The number of aryl methyl sites for hydroxylation is 2. The van der Waals surface area contributed by atoms with Crippen LogP contribution >= 0.6 is 0 Å². The summed E-state index contributed by atoms with van der Waals surface area (Å²) >= 11 is 0. The van der Waals surface area contributed by atoms with Gasteiger partial charge in [-0.05, 0) is 104 Å². The van der Waals surface area contributed by atoms with E-state index < -0.39 is 23.7 Å². The number of aliphatic carboxylic acids is 1. The van der Waals surface area contributed by atoms with Crippen molar-refractivity contribution in [3.8, 4) is 46.0 Å². The van der Waals surface area contributed by atoms with Gasteiger partial charge in [-0.1, -0.05) is 91.9 Å². The monoisotopic (exact) mass is 925 g/mol. The van der Waals surface area contributed by atoms with Gasteiger partial charge in [0.2, 0.25) is 11.8 Å². The largest absolute Gasteiger partial charge is 0.497 e. The highest BCUT2D eigenvalue weighted by Gasteiger charge is 2.36. The number of ether oxygens (including phenoxy) is 6. The first kappa shape index (κ1) is 53.4. The Morgan fingerprint density at radius 1 is 0.597 bits per heavy atom. The lowest BCUT2D eigenvalue weighted by molar-refractivity contribution is -0.145. The number of hydrogen-bond acceptors (Lipinski definition) is 10. The van der Waals surface area contributed by atoms with Crippen LogP contribution in [-0.2, 0) is 27.2 Å². The molecule has 3 N–H and O–H groups in total.